The van der Waals surface area contributed by atoms with Crippen LogP contribution < -0.4 is 0 Å². The molecule has 0 unspecified atom stereocenters. The van der Waals surface area contributed by atoms with Gasteiger partial charge in [0.15, 0.2) is 0 Å². The lowest BCUT2D eigenvalue weighted by Gasteiger charge is -1.98. The van der Waals surface area contributed by atoms with Gasteiger partial charge in [0.1, 0.15) is 6.26 Å². The SMILES string of the molecule is C1=COOCCCCCN=N1. The van der Waals surface area contributed by atoms with Gasteiger partial charge in [0.2, 0.25) is 0 Å². The fourth-order valence-corrected chi connectivity index (χ4v) is 0.765. The first kappa shape index (κ1) is 8.20. The van der Waals surface area contributed by atoms with Gasteiger partial charge in [-0.2, -0.15) is 15.1 Å². The zero-order valence-electron chi connectivity index (χ0n) is 6.40. The van der Waals surface area contributed by atoms with Gasteiger partial charge in [-0.25, -0.2) is 0 Å². The molecule has 0 fully saturated rings. The Morgan fingerprint density at radius 3 is 3.18 bits per heavy atom. The van der Waals surface area contributed by atoms with Crippen LogP contribution in [0.15, 0.2) is 22.7 Å². The largest absolute Gasteiger partial charge is 0.344 e. The highest BCUT2D eigenvalue weighted by molar-refractivity contribution is 4.66. The molecule has 4 nitrogen and oxygen atoms in total. The van der Waals surface area contributed by atoms with E-state index in [1.165, 1.54) is 12.5 Å². The van der Waals surface area contributed by atoms with Crippen molar-refractivity contribution in [3.8, 4) is 0 Å². The third-order valence-corrected chi connectivity index (χ3v) is 1.32. The zero-order valence-corrected chi connectivity index (χ0v) is 6.40. The van der Waals surface area contributed by atoms with Crippen LogP contribution in [0.25, 0.3) is 0 Å². The molecule has 0 saturated carbocycles. The highest BCUT2D eigenvalue weighted by Gasteiger charge is 1.90. The van der Waals surface area contributed by atoms with E-state index >= 15 is 0 Å². The predicted octanol–water partition coefficient (Wildman–Crippen LogP) is 2.04. The average Bonchev–Trinajstić information content (AvgIpc) is 2.08. The average molecular weight is 156 g/mol. The van der Waals surface area contributed by atoms with Crippen molar-refractivity contribution in [2.75, 3.05) is 13.2 Å². The van der Waals surface area contributed by atoms with Gasteiger partial charge in [-0.15, -0.1) is 0 Å². The summed E-state index contributed by atoms with van der Waals surface area (Å²) in [5, 5.41) is 7.59. The molecule has 0 spiro atoms. The Balaban J connectivity index is 2.22. The van der Waals surface area contributed by atoms with Crippen molar-refractivity contribution in [3.05, 3.63) is 12.5 Å². The molecule has 4 heteroatoms. The van der Waals surface area contributed by atoms with E-state index < -0.39 is 0 Å². The minimum absolute atomic E-state index is 0.643. The first-order valence-corrected chi connectivity index (χ1v) is 3.80. The molecule has 1 heterocycles. The number of nitrogens with zero attached hydrogens (tertiary/aromatic N) is 2. The summed E-state index contributed by atoms with van der Waals surface area (Å²) in [6.07, 6.45) is 6.06. The summed E-state index contributed by atoms with van der Waals surface area (Å²) >= 11 is 0. The van der Waals surface area contributed by atoms with E-state index in [0.717, 1.165) is 25.8 Å². The standard InChI is InChI=1S/C7H12N2O2/c1-2-4-8-9-5-7-11-10-6-3-1/h5,7H,1-4,6H2. The van der Waals surface area contributed by atoms with E-state index in [0.29, 0.717) is 6.61 Å². The summed E-state index contributed by atoms with van der Waals surface area (Å²) in [7, 11) is 0. The van der Waals surface area contributed by atoms with Crippen LogP contribution in [0.1, 0.15) is 19.3 Å². The molecule has 0 aromatic rings. The van der Waals surface area contributed by atoms with Crippen LogP contribution >= 0.6 is 0 Å². The minimum atomic E-state index is 0.643. The summed E-state index contributed by atoms with van der Waals surface area (Å²) in [5.74, 6) is 0. The lowest BCUT2D eigenvalue weighted by Crippen LogP contribution is -1.92. The molecule has 1 rings (SSSR count). The normalized spacial score (nSPS) is 20.4. The molecular weight excluding hydrogens is 144 g/mol. The maximum absolute atomic E-state index is 4.78. The van der Waals surface area contributed by atoms with Crippen molar-refractivity contribution in [2.24, 2.45) is 10.2 Å². The molecule has 0 atom stereocenters. The predicted molar refractivity (Wildman–Crippen MR) is 39.8 cm³/mol. The van der Waals surface area contributed by atoms with E-state index in [4.69, 9.17) is 4.89 Å². The molecular formula is C7H12N2O2. The zero-order chi connectivity index (χ0) is 7.78. The lowest BCUT2D eigenvalue weighted by atomic mass is 10.2. The molecule has 0 amide bonds. The van der Waals surface area contributed by atoms with Gasteiger partial charge in [0.05, 0.1) is 19.4 Å². The van der Waals surface area contributed by atoms with Crippen LogP contribution in [-0.4, -0.2) is 13.2 Å². The van der Waals surface area contributed by atoms with Crippen molar-refractivity contribution in [2.45, 2.75) is 19.3 Å². The fourth-order valence-electron chi connectivity index (χ4n) is 0.765. The molecule has 0 aromatic heterocycles. The molecule has 0 N–H and O–H groups in total. The minimum Gasteiger partial charge on any atom is -0.344 e. The highest BCUT2D eigenvalue weighted by Crippen LogP contribution is 1.98. The topological polar surface area (TPSA) is 43.2 Å². The van der Waals surface area contributed by atoms with Crippen LogP contribution in [0, 0.1) is 0 Å². The number of hydrogen-bond donors (Lipinski definition) is 0. The van der Waals surface area contributed by atoms with Crippen molar-refractivity contribution < 1.29 is 9.78 Å². The smallest absolute Gasteiger partial charge is 0.149 e. The summed E-state index contributed by atoms with van der Waals surface area (Å²) in [4.78, 5) is 9.41. The van der Waals surface area contributed by atoms with E-state index in [1.54, 1.807) is 0 Å². The molecule has 0 aliphatic carbocycles. The monoisotopic (exact) mass is 156 g/mol. The van der Waals surface area contributed by atoms with Crippen molar-refractivity contribution >= 4 is 0 Å². The molecule has 0 aromatic carbocycles. The fraction of sp³-hybridized carbons (Fsp3) is 0.714. The Morgan fingerprint density at radius 1 is 1.18 bits per heavy atom. The van der Waals surface area contributed by atoms with Gasteiger partial charge in [0, 0.05) is 0 Å². The van der Waals surface area contributed by atoms with Crippen LogP contribution in [0.2, 0.25) is 0 Å². The Kier molecular flexibility index (Phi) is 4.36. The Labute approximate surface area is 65.8 Å². The third kappa shape index (κ3) is 4.50. The van der Waals surface area contributed by atoms with Crippen LogP contribution in [0.4, 0.5) is 0 Å². The summed E-state index contributed by atoms with van der Waals surface area (Å²) in [5.41, 5.74) is 0. The summed E-state index contributed by atoms with van der Waals surface area (Å²) in [6.45, 7) is 1.44. The maximum atomic E-state index is 4.78. The van der Waals surface area contributed by atoms with E-state index in [-0.39, 0.29) is 0 Å². The first-order chi connectivity index (χ1) is 5.50. The van der Waals surface area contributed by atoms with Crippen LogP contribution in [0.3, 0.4) is 0 Å². The molecule has 0 radical (unpaired) electrons. The van der Waals surface area contributed by atoms with E-state index in [1.807, 2.05) is 0 Å². The maximum Gasteiger partial charge on any atom is 0.149 e. The van der Waals surface area contributed by atoms with E-state index in [9.17, 15) is 0 Å². The Bertz CT molecular complexity index is 129. The molecule has 0 bridgehead atoms. The van der Waals surface area contributed by atoms with Gasteiger partial charge < -0.3 is 4.89 Å². The van der Waals surface area contributed by atoms with Crippen LogP contribution in [0.5, 0.6) is 0 Å². The summed E-state index contributed by atoms with van der Waals surface area (Å²) in [6, 6.07) is 0. The number of hydrogen-bond acceptors (Lipinski definition) is 4. The quantitative estimate of drug-likeness (QED) is 0.504. The van der Waals surface area contributed by atoms with Gasteiger partial charge in [-0.1, -0.05) is 0 Å². The second-order valence-corrected chi connectivity index (χ2v) is 2.24. The highest BCUT2D eigenvalue weighted by atomic mass is 17.2. The molecule has 62 valence electrons. The van der Waals surface area contributed by atoms with Crippen molar-refractivity contribution in [3.63, 3.8) is 0 Å². The second kappa shape index (κ2) is 5.85. The van der Waals surface area contributed by atoms with Gasteiger partial charge in [0.25, 0.3) is 0 Å². The van der Waals surface area contributed by atoms with Crippen LogP contribution in [-0.2, 0) is 9.78 Å². The Hall–Kier alpha value is -0.900. The van der Waals surface area contributed by atoms with Crippen molar-refractivity contribution in [1.29, 1.82) is 0 Å². The van der Waals surface area contributed by atoms with E-state index in [2.05, 4.69) is 15.1 Å². The van der Waals surface area contributed by atoms with Crippen molar-refractivity contribution in [1.82, 2.24) is 0 Å². The first-order valence-electron chi connectivity index (χ1n) is 3.80. The molecule has 1 aliphatic rings. The third-order valence-electron chi connectivity index (χ3n) is 1.32. The summed E-state index contributed by atoms with van der Waals surface area (Å²) < 4.78 is 0. The number of rotatable bonds is 0. The van der Waals surface area contributed by atoms with Gasteiger partial charge in [-0.3, -0.25) is 0 Å². The van der Waals surface area contributed by atoms with Gasteiger partial charge >= 0.3 is 0 Å². The molecule has 0 saturated heterocycles. The Morgan fingerprint density at radius 2 is 2.18 bits per heavy atom. The second-order valence-electron chi connectivity index (χ2n) is 2.24. The number of azo groups is 1. The molecule has 11 heavy (non-hydrogen) atoms. The van der Waals surface area contributed by atoms with Gasteiger partial charge in [-0.05, 0) is 19.3 Å². The molecule has 1 aliphatic heterocycles. The lowest BCUT2D eigenvalue weighted by molar-refractivity contribution is -0.249.